The van der Waals surface area contributed by atoms with E-state index in [1.165, 1.54) is 38.5 Å². The van der Waals surface area contributed by atoms with Crippen LogP contribution in [0.1, 0.15) is 135 Å². The van der Waals surface area contributed by atoms with E-state index in [2.05, 4.69) is 26.6 Å². The number of amides is 4. The molecule has 0 aliphatic heterocycles. The molecule has 0 aliphatic carbocycles. The summed E-state index contributed by atoms with van der Waals surface area (Å²) in [7, 11) is 1.59. The van der Waals surface area contributed by atoms with Gasteiger partial charge in [-0.3, -0.25) is 28.8 Å². The van der Waals surface area contributed by atoms with E-state index in [4.69, 9.17) is 29.2 Å². The maximum Gasteiger partial charge on any atom is 0.326 e. The van der Waals surface area contributed by atoms with E-state index in [0.717, 1.165) is 44.9 Å². The van der Waals surface area contributed by atoms with E-state index in [1.807, 2.05) is 0 Å². The Labute approximate surface area is 361 Å². The molecule has 0 radical (unpaired) electrons. The third-order valence-corrected chi connectivity index (χ3v) is 9.57. The van der Waals surface area contributed by atoms with Gasteiger partial charge < -0.3 is 60.9 Å². The van der Waals surface area contributed by atoms with Crippen LogP contribution in [-0.4, -0.2) is 148 Å². The number of unbranched alkanes of at least 4 members (excludes halogenated alkanes) is 14. The highest BCUT2D eigenvalue weighted by Gasteiger charge is 2.21. The normalized spacial score (nSPS) is 12.0. The van der Waals surface area contributed by atoms with E-state index in [-0.39, 0.29) is 115 Å². The van der Waals surface area contributed by atoms with Gasteiger partial charge in [-0.2, -0.15) is 0 Å². The van der Waals surface area contributed by atoms with Crippen LogP contribution in [0.3, 0.4) is 0 Å². The summed E-state index contributed by atoms with van der Waals surface area (Å²) in [5.74, 6) is -4.09. The fourth-order valence-electron chi connectivity index (χ4n) is 6.06. The lowest BCUT2D eigenvalue weighted by atomic mass is 10.0. The number of hydrogen-bond donors (Lipinski definition) is 8. The van der Waals surface area contributed by atoms with Gasteiger partial charge in [-0.25, -0.2) is 4.79 Å². The lowest BCUT2D eigenvalue weighted by Crippen LogP contribution is -2.41. The van der Waals surface area contributed by atoms with Gasteiger partial charge in [-0.05, 0) is 45.6 Å². The number of carbonyl (C=O) groups excluding carboxylic acids is 4. The fourth-order valence-corrected chi connectivity index (χ4v) is 6.06. The number of carboxylic acid groups (broad SMARTS) is 3. The molecule has 0 bridgehead atoms. The van der Waals surface area contributed by atoms with Crippen LogP contribution in [0.5, 0.6) is 0 Å². The predicted octanol–water partition coefficient (Wildman–Crippen LogP) is 2.92. The van der Waals surface area contributed by atoms with Gasteiger partial charge in [0.2, 0.25) is 23.6 Å². The monoisotopic (exact) mass is 876 g/mol. The van der Waals surface area contributed by atoms with Crippen LogP contribution in [0, 0.1) is 0 Å². The number of carboxylic acids is 3. The third kappa shape index (κ3) is 40.0. The highest BCUT2D eigenvalue weighted by molar-refractivity contribution is 5.84. The van der Waals surface area contributed by atoms with E-state index < -0.39 is 30.0 Å². The zero-order chi connectivity index (χ0) is 45.2. The highest BCUT2D eigenvalue weighted by Crippen LogP contribution is 2.14. The van der Waals surface area contributed by atoms with Crippen molar-refractivity contribution >= 4 is 41.5 Å². The van der Waals surface area contributed by atoms with Gasteiger partial charge in [-0.15, -0.1) is 0 Å². The smallest absolute Gasteiger partial charge is 0.326 e. The zero-order valence-corrected chi connectivity index (χ0v) is 36.6. The molecule has 4 amide bonds. The summed E-state index contributed by atoms with van der Waals surface area (Å²) in [6.07, 6.45) is 17.2. The fraction of sp³-hybridized carbons (Fsp3) is 0.833. The van der Waals surface area contributed by atoms with Crippen LogP contribution in [0.2, 0.25) is 0 Å². The molecule has 0 unspecified atom stereocenters. The first-order valence-corrected chi connectivity index (χ1v) is 22.2. The van der Waals surface area contributed by atoms with Crippen molar-refractivity contribution in [3.63, 3.8) is 0 Å². The number of nitrogens with one attached hydrogen (secondary N) is 5. The van der Waals surface area contributed by atoms with Gasteiger partial charge in [0.1, 0.15) is 25.3 Å². The molecule has 0 spiro atoms. The molecule has 0 heterocycles. The van der Waals surface area contributed by atoms with Crippen LogP contribution < -0.4 is 26.6 Å². The number of hydrogen-bond acceptors (Lipinski definition) is 12. The quantitative estimate of drug-likeness (QED) is 0.0409. The van der Waals surface area contributed by atoms with E-state index in [0.29, 0.717) is 32.2 Å². The van der Waals surface area contributed by atoms with Crippen molar-refractivity contribution in [3.05, 3.63) is 0 Å². The summed E-state index contributed by atoms with van der Waals surface area (Å²) in [5, 5.41) is 40.4. The largest absolute Gasteiger partial charge is 0.481 e. The van der Waals surface area contributed by atoms with Crippen molar-refractivity contribution < 1.29 is 67.8 Å². The van der Waals surface area contributed by atoms with Crippen molar-refractivity contribution in [1.29, 1.82) is 0 Å². The van der Waals surface area contributed by atoms with Crippen molar-refractivity contribution in [2.45, 2.75) is 147 Å². The molecular weight excluding hydrogens is 798 g/mol. The van der Waals surface area contributed by atoms with Gasteiger partial charge in [0.25, 0.3) is 0 Å². The minimum absolute atomic E-state index is 0.0305. The Bertz CT molecular complexity index is 1200. The minimum atomic E-state index is -1.19. The van der Waals surface area contributed by atoms with Crippen molar-refractivity contribution in [2.24, 2.45) is 0 Å². The highest BCUT2D eigenvalue weighted by atomic mass is 16.5. The van der Waals surface area contributed by atoms with Crippen LogP contribution in [0.15, 0.2) is 0 Å². The number of carbonyl (C=O) groups is 7. The van der Waals surface area contributed by atoms with E-state index >= 15 is 0 Å². The van der Waals surface area contributed by atoms with Crippen molar-refractivity contribution in [3.8, 4) is 0 Å². The molecule has 0 aromatic carbocycles. The van der Waals surface area contributed by atoms with Crippen molar-refractivity contribution in [2.75, 3.05) is 79.5 Å². The summed E-state index contributed by atoms with van der Waals surface area (Å²) >= 11 is 0. The molecule has 0 fully saturated rings. The Balaban J connectivity index is 3.65. The molecule has 0 aliphatic rings. The molecule has 8 N–H and O–H groups in total. The average Bonchev–Trinajstić information content (AvgIpc) is 3.22. The Morgan fingerprint density at radius 3 is 1.30 bits per heavy atom. The van der Waals surface area contributed by atoms with Gasteiger partial charge in [0.05, 0.1) is 39.6 Å². The average molecular weight is 876 g/mol. The summed E-state index contributed by atoms with van der Waals surface area (Å²) in [4.78, 5) is 81.3. The summed E-state index contributed by atoms with van der Waals surface area (Å²) in [5.41, 5.74) is 0. The second kappa shape index (κ2) is 41.4. The first-order chi connectivity index (χ1) is 29.5. The molecule has 19 nitrogen and oxygen atoms in total. The minimum Gasteiger partial charge on any atom is -0.481 e. The predicted molar refractivity (Wildman–Crippen MR) is 227 cm³/mol. The van der Waals surface area contributed by atoms with E-state index in [9.17, 15) is 38.7 Å². The second-order valence-electron chi connectivity index (χ2n) is 14.9. The maximum atomic E-state index is 12.3. The standard InChI is InChI=1S/C42H77N5O14/c1-43-34(41(54)55)18-16-17-23-44-38(50)32-60-30-29-59-27-25-46-39(51)33-61-31-28-58-26-24-45-36(48)22-21-35(42(56)57)47-37(49)19-14-12-10-8-6-4-2-3-5-7-9-11-13-15-20-40(52)53/h34-35,43H,2-33H2,1H3,(H,44,50)(H,45,48)(H,46,51)(H,47,49)(H,52,53)(H,54,55)(H,56,57)/t34-,35-/m0/s1. The van der Waals surface area contributed by atoms with Crippen LogP contribution >= 0.6 is 0 Å². The Morgan fingerprint density at radius 1 is 0.410 bits per heavy atom. The van der Waals surface area contributed by atoms with Gasteiger partial charge in [-0.1, -0.05) is 77.0 Å². The topological polar surface area (TPSA) is 277 Å². The molecule has 61 heavy (non-hydrogen) atoms. The van der Waals surface area contributed by atoms with Crippen LogP contribution in [0.25, 0.3) is 0 Å². The second-order valence-corrected chi connectivity index (χ2v) is 14.9. The van der Waals surface area contributed by atoms with Gasteiger partial charge in [0.15, 0.2) is 0 Å². The number of aliphatic carboxylic acids is 3. The molecule has 0 aromatic rings. The van der Waals surface area contributed by atoms with Crippen molar-refractivity contribution in [1.82, 2.24) is 26.6 Å². The first kappa shape index (κ1) is 57.1. The molecule has 0 rings (SSSR count). The molecule has 19 heteroatoms. The zero-order valence-electron chi connectivity index (χ0n) is 36.6. The summed E-state index contributed by atoms with van der Waals surface area (Å²) in [6.45, 7) is 1.86. The number of ether oxygens (including phenoxy) is 4. The Hall–Kier alpha value is -3.91. The SMILES string of the molecule is CN[C@@H](CCCCNC(=O)COCCOCCNC(=O)COCCOCCNC(=O)CC[C@H](NC(=O)CCCCCCCCCCCCCCCCC(=O)O)C(=O)O)C(=O)O. The summed E-state index contributed by atoms with van der Waals surface area (Å²) < 4.78 is 21.3. The number of likely N-dealkylation sites (N-methyl/N-ethyl adjacent to an activating group) is 1. The van der Waals surface area contributed by atoms with Gasteiger partial charge in [0, 0.05) is 38.9 Å². The molecule has 0 saturated carbocycles. The lowest BCUT2D eigenvalue weighted by Gasteiger charge is -2.14. The summed E-state index contributed by atoms with van der Waals surface area (Å²) in [6, 6.07) is -1.74. The molecule has 2 atom stereocenters. The number of rotatable bonds is 45. The van der Waals surface area contributed by atoms with Gasteiger partial charge >= 0.3 is 17.9 Å². The van der Waals surface area contributed by atoms with Crippen LogP contribution in [0.4, 0.5) is 0 Å². The maximum absolute atomic E-state index is 12.3. The molecule has 0 saturated heterocycles. The van der Waals surface area contributed by atoms with Crippen LogP contribution in [-0.2, 0) is 52.5 Å². The molecule has 0 aromatic heterocycles. The third-order valence-electron chi connectivity index (χ3n) is 9.57. The first-order valence-electron chi connectivity index (χ1n) is 22.2. The lowest BCUT2D eigenvalue weighted by molar-refractivity contribution is -0.142. The Kier molecular flexibility index (Phi) is 38.8. The molecule has 354 valence electrons. The van der Waals surface area contributed by atoms with E-state index in [1.54, 1.807) is 7.05 Å². The Morgan fingerprint density at radius 2 is 0.836 bits per heavy atom. The molecular formula is C42H77N5O14.